The normalized spacial score (nSPS) is 20.6. The fourth-order valence-electron chi connectivity index (χ4n) is 1.75. The first-order valence-corrected chi connectivity index (χ1v) is 4.67. The molecule has 1 aliphatic heterocycles. The van der Waals surface area contributed by atoms with Crippen LogP contribution >= 0.6 is 0 Å². The molecule has 72 valence electrons. The van der Waals surface area contributed by atoms with Crippen LogP contribution in [0.25, 0.3) is 0 Å². The third-order valence-electron chi connectivity index (χ3n) is 2.51. The summed E-state index contributed by atoms with van der Waals surface area (Å²) >= 11 is 0. The van der Waals surface area contributed by atoms with Gasteiger partial charge in [-0.15, -0.1) is 0 Å². The number of rotatable bonds is 1. The van der Waals surface area contributed by atoms with E-state index >= 15 is 0 Å². The van der Waals surface area contributed by atoms with E-state index in [-0.39, 0.29) is 11.1 Å². The number of pyridine rings is 1. The summed E-state index contributed by atoms with van der Waals surface area (Å²) in [5, 5.41) is 12.0. The van der Waals surface area contributed by atoms with E-state index in [9.17, 15) is 4.79 Å². The van der Waals surface area contributed by atoms with E-state index in [1.165, 1.54) is 0 Å². The summed E-state index contributed by atoms with van der Waals surface area (Å²) in [4.78, 5) is 13.7. The SMILES string of the molecule is N#Cc1cc([C@@H]2CCCN2)c[nH]c1=O. The van der Waals surface area contributed by atoms with E-state index in [0.29, 0.717) is 6.04 Å². The third kappa shape index (κ3) is 1.54. The number of aromatic nitrogens is 1. The van der Waals surface area contributed by atoms with Gasteiger partial charge in [0.2, 0.25) is 0 Å². The second-order valence-corrected chi connectivity index (χ2v) is 3.44. The van der Waals surface area contributed by atoms with Crippen LogP contribution in [0.3, 0.4) is 0 Å². The maximum Gasteiger partial charge on any atom is 0.265 e. The largest absolute Gasteiger partial charge is 0.328 e. The topological polar surface area (TPSA) is 68.7 Å². The van der Waals surface area contributed by atoms with Crippen molar-refractivity contribution in [1.82, 2.24) is 10.3 Å². The lowest BCUT2D eigenvalue weighted by Gasteiger charge is -2.09. The van der Waals surface area contributed by atoms with Crippen LogP contribution in [0.4, 0.5) is 0 Å². The summed E-state index contributed by atoms with van der Waals surface area (Å²) in [6.45, 7) is 1.01. The van der Waals surface area contributed by atoms with Crippen LogP contribution in [-0.2, 0) is 0 Å². The fraction of sp³-hybridized carbons (Fsp3) is 0.400. The molecule has 2 heterocycles. The highest BCUT2D eigenvalue weighted by Gasteiger charge is 2.16. The highest BCUT2D eigenvalue weighted by molar-refractivity contribution is 5.30. The average Bonchev–Trinajstić information content (AvgIpc) is 2.71. The van der Waals surface area contributed by atoms with Crippen LogP contribution in [0.15, 0.2) is 17.1 Å². The molecule has 0 spiro atoms. The summed E-state index contributed by atoms with van der Waals surface area (Å²) in [6.07, 6.45) is 3.90. The lowest BCUT2D eigenvalue weighted by molar-refractivity contribution is 0.644. The van der Waals surface area contributed by atoms with Gasteiger partial charge in [-0.25, -0.2) is 0 Å². The molecule has 2 N–H and O–H groups in total. The Morgan fingerprint density at radius 1 is 1.57 bits per heavy atom. The monoisotopic (exact) mass is 189 g/mol. The molecular formula is C10H11N3O. The predicted molar refractivity (Wildman–Crippen MR) is 51.8 cm³/mol. The van der Waals surface area contributed by atoms with Gasteiger partial charge in [-0.2, -0.15) is 5.26 Å². The molecule has 0 aromatic carbocycles. The first kappa shape index (κ1) is 8.97. The molecule has 14 heavy (non-hydrogen) atoms. The molecule has 1 atom stereocenters. The number of hydrogen-bond acceptors (Lipinski definition) is 3. The molecule has 1 aromatic rings. The second kappa shape index (κ2) is 3.64. The maximum atomic E-state index is 11.1. The molecule has 0 radical (unpaired) electrons. The summed E-state index contributed by atoms with van der Waals surface area (Å²) in [5.41, 5.74) is 0.879. The Kier molecular flexibility index (Phi) is 2.33. The molecular weight excluding hydrogens is 178 g/mol. The zero-order chi connectivity index (χ0) is 9.97. The summed E-state index contributed by atoms with van der Waals surface area (Å²) in [6, 6.07) is 3.85. The minimum atomic E-state index is -0.311. The molecule has 2 rings (SSSR count). The highest BCUT2D eigenvalue weighted by Crippen LogP contribution is 2.21. The summed E-state index contributed by atoms with van der Waals surface area (Å²) < 4.78 is 0. The lowest BCUT2D eigenvalue weighted by atomic mass is 10.1. The predicted octanol–water partition coefficient (Wildman–Crippen LogP) is 0.671. The first-order chi connectivity index (χ1) is 6.81. The minimum Gasteiger partial charge on any atom is -0.328 e. The molecule has 1 fully saturated rings. The number of H-pyrrole nitrogens is 1. The number of aromatic amines is 1. The second-order valence-electron chi connectivity index (χ2n) is 3.44. The number of nitriles is 1. The molecule has 4 heteroatoms. The van der Waals surface area contributed by atoms with Gasteiger partial charge in [0.05, 0.1) is 0 Å². The lowest BCUT2D eigenvalue weighted by Crippen LogP contribution is -2.16. The van der Waals surface area contributed by atoms with Crippen molar-refractivity contribution in [2.75, 3.05) is 6.54 Å². The summed E-state index contributed by atoms with van der Waals surface area (Å²) in [5.74, 6) is 0. The van der Waals surface area contributed by atoms with Crippen molar-refractivity contribution in [2.45, 2.75) is 18.9 Å². The number of hydrogen-bond donors (Lipinski definition) is 2. The Hall–Kier alpha value is -1.60. The molecule has 0 bridgehead atoms. The van der Waals surface area contributed by atoms with E-state index in [4.69, 9.17) is 5.26 Å². The molecule has 1 aliphatic rings. The van der Waals surface area contributed by atoms with Gasteiger partial charge in [0.1, 0.15) is 11.6 Å². The van der Waals surface area contributed by atoms with Crippen molar-refractivity contribution in [3.63, 3.8) is 0 Å². The standard InChI is InChI=1S/C10H11N3O/c11-5-7-4-8(6-13-10(7)14)9-2-1-3-12-9/h4,6,9,12H,1-3H2,(H,13,14)/t9-/m0/s1. The Bertz CT molecular complexity index is 424. The van der Waals surface area contributed by atoms with Crippen LogP contribution in [-0.4, -0.2) is 11.5 Å². The Balaban J connectivity index is 2.36. The first-order valence-electron chi connectivity index (χ1n) is 4.67. The number of nitrogens with zero attached hydrogens (tertiary/aromatic N) is 1. The van der Waals surface area contributed by atoms with Crippen molar-refractivity contribution in [3.8, 4) is 6.07 Å². The van der Waals surface area contributed by atoms with Crippen LogP contribution in [0.5, 0.6) is 0 Å². The van der Waals surface area contributed by atoms with E-state index < -0.39 is 0 Å². The smallest absolute Gasteiger partial charge is 0.265 e. The van der Waals surface area contributed by atoms with Crippen LogP contribution in [0, 0.1) is 11.3 Å². The fourth-order valence-corrected chi connectivity index (χ4v) is 1.75. The Morgan fingerprint density at radius 2 is 2.43 bits per heavy atom. The molecule has 4 nitrogen and oxygen atoms in total. The van der Waals surface area contributed by atoms with E-state index in [0.717, 1.165) is 24.9 Å². The molecule has 0 aliphatic carbocycles. The average molecular weight is 189 g/mol. The molecule has 0 unspecified atom stereocenters. The zero-order valence-electron chi connectivity index (χ0n) is 7.71. The highest BCUT2D eigenvalue weighted by atomic mass is 16.1. The summed E-state index contributed by atoms with van der Waals surface area (Å²) in [7, 11) is 0. The van der Waals surface area contributed by atoms with Crippen LogP contribution in [0.1, 0.15) is 30.0 Å². The molecule has 0 amide bonds. The molecule has 1 saturated heterocycles. The van der Waals surface area contributed by atoms with Crippen molar-refractivity contribution in [2.24, 2.45) is 0 Å². The van der Waals surface area contributed by atoms with Gasteiger partial charge < -0.3 is 10.3 Å². The molecule has 1 aromatic heterocycles. The van der Waals surface area contributed by atoms with Gasteiger partial charge >= 0.3 is 0 Å². The van der Waals surface area contributed by atoms with E-state index in [2.05, 4.69) is 10.3 Å². The van der Waals surface area contributed by atoms with Gasteiger partial charge in [-0.1, -0.05) is 0 Å². The van der Waals surface area contributed by atoms with Gasteiger partial charge in [-0.3, -0.25) is 4.79 Å². The van der Waals surface area contributed by atoms with Gasteiger partial charge in [0.25, 0.3) is 5.56 Å². The van der Waals surface area contributed by atoms with Crippen LogP contribution in [0.2, 0.25) is 0 Å². The Morgan fingerprint density at radius 3 is 3.07 bits per heavy atom. The maximum absolute atomic E-state index is 11.1. The quantitative estimate of drug-likeness (QED) is 0.682. The van der Waals surface area contributed by atoms with Crippen molar-refractivity contribution in [1.29, 1.82) is 5.26 Å². The van der Waals surface area contributed by atoms with Crippen molar-refractivity contribution in [3.05, 3.63) is 33.7 Å². The van der Waals surface area contributed by atoms with Crippen molar-refractivity contribution < 1.29 is 0 Å². The number of nitrogens with one attached hydrogen (secondary N) is 2. The molecule has 0 saturated carbocycles. The van der Waals surface area contributed by atoms with E-state index in [1.54, 1.807) is 12.3 Å². The van der Waals surface area contributed by atoms with Gasteiger partial charge in [0.15, 0.2) is 0 Å². The zero-order valence-corrected chi connectivity index (χ0v) is 7.71. The Labute approximate surface area is 81.6 Å². The van der Waals surface area contributed by atoms with Crippen molar-refractivity contribution >= 4 is 0 Å². The van der Waals surface area contributed by atoms with Gasteiger partial charge in [0, 0.05) is 12.2 Å². The van der Waals surface area contributed by atoms with Gasteiger partial charge in [-0.05, 0) is 31.0 Å². The van der Waals surface area contributed by atoms with E-state index in [1.807, 2.05) is 6.07 Å². The van der Waals surface area contributed by atoms with Crippen LogP contribution < -0.4 is 10.9 Å². The third-order valence-corrected chi connectivity index (χ3v) is 2.51. The minimum absolute atomic E-state index is 0.191.